The first-order chi connectivity index (χ1) is 21.8. The van der Waals surface area contributed by atoms with Gasteiger partial charge in [0.2, 0.25) is 10.0 Å². The fourth-order valence-electron chi connectivity index (χ4n) is 7.11. The number of halogens is 3. The number of carboxylic acid groups (broad SMARTS) is 1. The summed E-state index contributed by atoms with van der Waals surface area (Å²) in [5.74, 6) is -0.102. The first-order valence-corrected chi connectivity index (χ1v) is 21.6. The summed E-state index contributed by atoms with van der Waals surface area (Å²) in [6.07, 6.45) is 11.4. The second-order valence-electron chi connectivity index (χ2n) is 12.8. The topological polar surface area (TPSA) is 146 Å². The molecule has 0 radical (unpaired) electrons. The van der Waals surface area contributed by atoms with Gasteiger partial charge in [-0.2, -0.15) is 4.31 Å². The molecule has 3 fully saturated rings. The van der Waals surface area contributed by atoms with E-state index in [1.807, 2.05) is 0 Å². The van der Waals surface area contributed by atoms with Gasteiger partial charge in [-0.25, -0.2) is 21.6 Å². The van der Waals surface area contributed by atoms with Crippen LogP contribution in [0.3, 0.4) is 0 Å². The van der Waals surface area contributed by atoms with E-state index < -0.39 is 32.1 Å². The molecule has 0 spiro atoms. The van der Waals surface area contributed by atoms with Crippen LogP contribution in [0.15, 0.2) is 36.4 Å². The highest BCUT2D eigenvalue weighted by Gasteiger charge is 2.33. The van der Waals surface area contributed by atoms with Crippen LogP contribution >= 0.6 is 54.8 Å². The van der Waals surface area contributed by atoms with Crippen molar-refractivity contribution in [3.8, 4) is 0 Å². The van der Waals surface area contributed by atoms with Crippen LogP contribution in [0.4, 0.5) is 0 Å². The van der Waals surface area contributed by atoms with Crippen molar-refractivity contribution in [3.63, 3.8) is 0 Å². The number of hydrogen-bond acceptors (Lipinski definition) is 8. The van der Waals surface area contributed by atoms with Crippen molar-refractivity contribution in [1.82, 2.24) is 19.3 Å². The van der Waals surface area contributed by atoms with Crippen molar-refractivity contribution in [3.05, 3.63) is 37.3 Å². The monoisotopic (exact) mass is 842 g/mol. The molecule has 10 nitrogen and oxygen atoms in total. The fourth-order valence-corrected chi connectivity index (χ4v) is 13.1. The van der Waals surface area contributed by atoms with Crippen LogP contribution in [0.1, 0.15) is 88.8 Å². The smallest absolute Gasteiger partial charge is 0.303 e. The van der Waals surface area contributed by atoms with E-state index in [4.69, 9.17) is 11.6 Å². The third-order valence-electron chi connectivity index (χ3n) is 9.66. The molecule has 5 rings (SSSR count). The maximum absolute atomic E-state index is 13.2. The minimum Gasteiger partial charge on any atom is -0.481 e. The standard InChI is InChI=1S/C30H41Br2ClN4O6S3/c31-23-16-22(45(40,41)36-25-7-2-1-6-21(25)15-27(38)39)18-35-29(23)26-14-20(8-11-34-26)5-3-4-19-9-12-37(13-10-19)46(42,43)28-17-24(32)30(33)44-28/h16-21,25-26,34,36H,1-15H2,(H,38,39). The summed E-state index contributed by atoms with van der Waals surface area (Å²) in [5, 5.41) is 12.8. The van der Waals surface area contributed by atoms with E-state index in [-0.39, 0.29) is 27.5 Å². The van der Waals surface area contributed by atoms with E-state index in [1.165, 1.54) is 6.20 Å². The third-order valence-corrected chi connectivity index (χ3v) is 16.6. The first kappa shape index (κ1) is 36.6. The van der Waals surface area contributed by atoms with E-state index in [2.05, 4.69) is 46.9 Å². The molecule has 2 aromatic heterocycles. The van der Waals surface area contributed by atoms with Gasteiger partial charge in [-0.3, -0.25) is 9.78 Å². The molecule has 1 saturated carbocycles. The Balaban J connectivity index is 1.10. The fraction of sp³-hybridized carbons (Fsp3) is 0.667. The number of carboxylic acids is 1. The van der Waals surface area contributed by atoms with Gasteiger partial charge < -0.3 is 10.4 Å². The van der Waals surface area contributed by atoms with Crippen molar-refractivity contribution < 1.29 is 26.7 Å². The summed E-state index contributed by atoms with van der Waals surface area (Å²) in [6.45, 7) is 1.91. The van der Waals surface area contributed by atoms with E-state index in [0.717, 1.165) is 81.4 Å². The van der Waals surface area contributed by atoms with Crippen LogP contribution in [0.2, 0.25) is 4.34 Å². The molecule has 0 aromatic carbocycles. The van der Waals surface area contributed by atoms with Crippen LogP contribution in [0.5, 0.6) is 0 Å². The van der Waals surface area contributed by atoms with Crippen LogP contribution in [0, 0.1) is 17.8 Å². The molecule has 3 N–H and O–H groups in total. The lowest BCUT2D eigenvalue weighted by Gasteiger charge is -2.33. The van der Waals surface area contributed by atoms with Gasteiger partial charge in [0.05, 0.1) is 11.7 Å². The molecule has 16 heteroatoms. The Kier molecular flexibility index (Phi) is 12.7. The predicted molar refractivity (Wildman–Crippen MR) is 186 cm³/mol. The molecule has 256 valence electrons. The predicted octanol–water partition coefficient (Wildman–Crippen LogP) is 6.95. The summed E-state index contributed by atoms with van der Waals surface area (Å²) in [7, 11) is -7.38. The van der Waals surface area contributed by atoms with Crippen LogP contribution in [-0.2, 0) is 24.8 Å². The zero-order valence-electron chi connectivity index (χ0n) is 25.5. The number of aromatic nitrogens is 1. The highest BCUT2D eigenvalue weighted by molar-refractivity contribution is 9.10. The Hall–Kier alpha value is -0.650. The number of nitrogens with one attached hydrogen (secondary N) is 2. The number of thiophene rings is 1. The maximum atomic E-state index is 13.2. The number of hydrogen-bond donors (Lipinski definition) is 3. The van der Waals surface area contributed by atoms with Gasteiger partial charge in [0.15, 0.2) is 0 Å². The lowest BCUT2D eigenvalue weighted by molar-refractivity contribution is -0.138. The number of pyridine rings is 1. The first-order valence-electron chi connectivity index (χ1n) is 15.9. The summed E-state index contributed by atoms with van der Waals surface area (Å²) in [6, 6.07) is 2.79. The second-order valence-corrected chi connectivity index (χ2v) is 20.0. The highest BCUT2D eigenvalue weighted by atomic mass is 79.9. The van der Waals surface area contributed by atoms with Gasteiger partial charge in [0, 0.05) is 40.7 Å². The normalized spacial score (nSPS) is 25.5. The van der Waals surface area contributed by atoms with Crippen LogP contribution in [0.25, 0.3) is 0 Å². The minimum atomic E-state index is -3.86. The van der Waals surface area contributed by atoms with Crippen molar-refractivity contribution in [1.29, 1.82) is 0 Å². The van der Waals surface area contributed by atoms with Gasteiger partial charge in [0.25, 0.3) is 10.0 Å². The number of rotatable bonds is 12. The summed E-state index contributed by atoms with van der Waals surface area (Å²) < 4.78 is 58.9. The molecule has 4 unspecified atom stereocenters. The quantitative estimate of drug-likeness (QED) is 0.208. The Morgan fingerprint density at radius 3 is 2.43 bits per heavy atom. The molecule has 3 aliphatic rings. The summed E-state index contributed by atoms with van der Waals surface area (Å²) in [4.78, 5) is 16.0. The molecule has 4 heterocycles. The number of sulfonamides is 2. The van der Waals surface area contributed by atoms with Crippen molar-refractivity contribution in [2.45, 2.75) is 98.2 Å². The Labute approximate surface area is 297 Å². The molecule has 46 heavy (non-hydrogen) atoms. The minimum absolute atomic E-state index is 0.00960. The van der Waals surface area contributed by atoms with Gasteiger partial charge in [0.1, 0.15) is 13.4 Å². The van der Waals surface area contributed by atoms with E-state index >= 15 is 0 Å². The molecule has 0 bridgehead atoms. The lowest BCUT2D eigenvalue weighted by atomic mass is 9.83. The Bertz CT molecular complexity index is 1580. The van der Waals surface area contributed by atoms with Crippen molar-refractivity contribution in [2.75, 3.05) is 19.6 Å². The maximum Gasteiger partial charge on any atom is 0.303 e. The SMILES string of the molecule is O=C(O)CC1CCCCC1NS(=O)(=O)c1cnc(C2CC(CCCC3CCN(S(=O)(=O)c4cc(Br)c(Cl)s4)CC3)CCN2)c(Br)c1. The molecule has 2 aromatic rings. The summed E-state index contributed by atoms with van der Waals surface area (Å²) in [5.41, 5.74) is 0.790. The van der Waals surface area contributed by atoms with Crippen molar-refractivity contribution in [2.24, 2.45) is 17.8 Å². The van der Waals surface area contributed by atoms with Gasteiger partial charge >= 0.3 is 5.97 Å². The van der Waals surface area contributed by atoms with Gasteiger partial charge in [-0.05, 0) is 107 Å². The largest absolute Gasteiger partial charge is 0.481 e. The average Bonchev–Trinajstić information content (AvgIpc) is 3.36. The molecule has 2 aliphatic heterocycles. The number of nitrogens with zero attached hydrogens (tertiary/aromatic N) is 2. The highest BCUT2D eigenvalue weighted by Crippen LogP contribution is 2.38. The molecule has 1 aliphatic carbocycles. The molecule has 0 amide bonds. The molecular formula is C30H41Br2ClN4O6S3. The van der Waals surface area contributed by atoms with Crippen LogP contribution < -0.4 is 10.0 Å². The van der Waals surface area contributed by atoms with E-state index in [9.17, 15) is 26.7 Å². The second kappa shape index (κ2) is 15.9. The van der Waals surface area contributed by atoms with Gasteiger partial charge in [-0.15, -0.1) is 11.3 Å². The summed E-state index contributed by atoms with van der Waals surface area (Å²) >= 11 is 14.0. The zero-order chi connectivity index (χ0) is 33.1. The number of piperidine rings is 2. The number of aliphatic carboxylic acids is 1. The number of carbonyl (C=O) groups is 1. The van der Waals surface area contributed by atoms with E-state index in [1.54, 1.807) is 16.4 Å². The van der Waals surface area contributed by atoms with Gasteiger partial charge in [-0.1, -0.05) is 43.7 Å². The van der Waals surface area contributed by atoms with E-state index in [0.29, 0.717) is 51.0 Å². The zero-order valence-corrected chi connectivity index (χ0v) is 31.8. The molecule has 4 atom stereocenters. The Morgan fingerprint density at radius 1 is 1.04 bits per heavy atom. The van der Waals surface area contributed by atoms with Crippen LogP contribution in [-0.4, -0.2) is 62.9 Å². The molecule has 2 saturated heterocycles. The average molecular weight is 845 g/mol. The molecular weight excluding hydrogens is 804 g/mol. The Morgan fingerprint density at radius 2 is 1.76 bits per heavy atom. The lowest BCUT2D eigenvalue weighted by Crippen LogP contribution is -2.42. The third kappa shape index (κ3) is 9.12. The van der Waals surface area contributed by atoms with Crippen molar-refractivity contribution >= 4 is 80.8 Å².